The summed E-state index contributed by atoms with van der Waals surface area (Å²) in [6.45, 7) is 3.93. The zero-order valence-electron chi connectivity index (χ0n) is 12.7. The molecule has 1 atom stereocenters. The summed E-state index contributed by atoms with van der Waals surface area (Å²) in [5.41, 5.74) is 0.727. The van der Waals surface area contributed by atoms with Gasteiger partial charge in [0, 0.05) is 20.6 Å². The molecule has 0 saturated heterocycles. The van der Waals surface area contributed by atoms with Crippen molar-refractivity contribution in [3.05, 3.63) is 29.8 Å². The predicted octanol–water partition coefficient (Wildman–Crippen LogP) is 1.14. The van der Waals surface area contributed by atoms with Gasteiger partial charge >= 0.3 is 5.97 Å². The molecule has 0 saturated carbocycles. The molecule has 0 heterocycles. The van der Waals surface area contributed by atoms with Gasteiger partial charge in [0.25, 0.3) is 0 Å². The average Bonchev–Trinajstić information content (AvgIpc) is 2.38. The Morgan fingerprint density at radius 1 is 1.33 bits per heavy atom. The van der Waals surface area contributed by atoms with Crippen molar-refractivity contribution >= 4 is 16.0 Å². The molecule has 0 aliphatic rings. The maximum Gasteiger partial charge on any atom is 0.320 e. The molecule has 2 N–H and O–H groups in total. The first-order valence-corrected chi connectivity index (χ1v) is 8.08. The van der Waals surface area contributed by atoms with E-state index in [4.69, 9.17) is 5.11 Å². The minimum Gasteiger partial charge on any atom is -0.480 e. The standard InChI is InChI=1S/C14H22N2O4S/c1-10(2)13(14(17)18)15-9-11-6-5-7-12(8-11)21(19,20)16(3)4/h5-8,10,13,15H,9H2,1-4H3,(H,17,18). The molecule has 0 aromatic heterocycles. The zero-order chi connectivity index (χ0) is 16.2. The predicted molar refractivity (Wildman–Crippen MR) is 80.4 cm³/mol. The van der Waals surface area contributed by atoms with Gasteiger partial charge in [-0.05, 0) is 23.6 Å². The van der Waals surface area contributed by atoms with Crippen molar-refractivity contribution < 1.29 is 18.3 Å². The number of sulfonamides is 1. The van der Waals surface area contributed by atoms with E-state index in [0.29, 0.717) is 6.54 Å². The first kappa shape index (κ1) is 17.6. The van der Waals surface area contributed by atoms with Crippen LogP contribution in [0.25, 0.3) is 0 Å². The van der Waals surface area contributed by atoms with Crippen LogP contribution in [0.1, 0.15) is 19.4 Å². The maximum absolute atomic E-state index is 12.1. The van der Waals surface area contributed by atoms with Crippen molar-refractivity contribution in [3.63, 3.8) is 0 Å². The van der Waals surface area contributed by atoms with Gasteiger partial charge in [-0.2, -0.15) is 0 Å². The molecule has 0 aliphatic heterocycles. The van der Waals surface area contributed by atoms with Crippen LogP contribution in [0.3, 0.4) is 0 Å². The highest BCUT2D eigenvalue weighted by atomic mass is 32.2. The third-order valence-corrected chi connectivity index (χ3v) is 4.95. The van der Waals surface area contributed by atoms with Gasteiger partial charge in [0.2, 0.25) is 10.0 Å². The normalized spacial score (nSPS) is 13.6. The van der Waals surface area contributed by atoms with E-state index in [1.165, 1.54) is 20.2 Å². The van der Waals surface area contributed by atoms with Crippen LogP contribution in [-0.2, 0) is 21.4 Å². The topological polar surface area (TPSA) is 86.7 Å². The molecular weight excluding hydrogens is 292 g/mol. The second-order valence-electron chi connectivity index (χ2n) is 5.38. The van der Waals surface area contributed by atoms with Gasteiger partial charge in [-0.15, -0.1) is 0 Å². The first-order valence-electron chi connectivity index (χ1n) is 6.64. The Kier molecular flexibility index (Phi) is 5.88. The SMILES string of the molecule is CC(C)C(NCc1cccc(S(=O)(=O)N(C)C)c1)C(=O)O. The highest BCUT2D eigenvalue weighted by molar-refractivity contribution is 7.89. The molecule has 1 rings (SSSR count). The van der Waals surface area contributed by atoms with Crippen molar-refractivity contribution in [1.29, 1.82) is 0 Å². The fourth-order valence-corrected chi connectivity index (χ4v) is 2.84. The molecule has 21 heavy (non-hydrogen) atoms. The summed E-state index contributed by atoms with van der Waals surface area (Å²) in [7, 11) is -0.538. The molecule has 0 amide bonds. The van der Waals surface area contributed by atoms with E-state index < -0.39 is 22.0 Å². The fraction of sp³-hybridized carbons (Fsp3) is 0.500. The number of carboxylic acid groups (broad SMARTS) is 1. The lowest BCUT2D eigenvalue weighted by Crippen LogP contribution is -2.40. The minimum atomic E-state index is -3.48. The van der Waals surface area contributed by atoms with Crippen LogP contribution in [0.5, 0.6) is 0 Å². The van der Waals surface area contributed by atoms with Crippen molar-refractivity contribution in [3.8, 4) is 0 Å². The highest BCUT2D eigenvalue weighted by Gasteiger charge is 2.21. The number of nitrogens with one attached hydrogen (secondary N) is 1. The largest absolute Gasteiger partial charge is 0.480 e. The van der Waals surface area contributed by atoms with E-state index in [0.717, 1.165) is 9.87 Å². The number of carboxylic acids is 1. The molecule has 1 aromatic rings. The first-order chi connectivity index (χ1) is 9.66. The third kappa shape index (κ3) is 4.52. The monoisotopic (exact) mass is 314 g/mol. The molecule has 0 aliphatic carbocycles. The van der Waals surface area contributed by atoms with E-state index in [1.54, 1.807) is 18.2 Å². The van der Waals surface area contributed by atoms with Gasteiger partial charge in [0.1, 0.15) is 6.04 Å². The molecule has 0 bridgehead atoms. The van der Waals surface area contributed by atoms with Gasteiger partial charge in [-0.1, -0.05) is 26.0 Å². The quantitative estimate of drug-likeness (QED) is 0.788. The van der Waals surface area contributed by atoms with Crippen molar-refractivity contribution in [2.75, 3.05) is 14.1 Å². The summed E-state index contributed by atoms with van der Waals surface area (Å²) < 4.78 is 25.2. The van der Waals surface area contributed by atoms with Gasteiger partial charge in [0.15, 0.2) is 0 Å². The fourth-order valence-electron chi connectivity index (χ4n) is 1.86. The summed E-state index contributed by atoms with van der Waals surface area (Å²) >= 11 is 0. The number of benzene rings is 1. The number of hydrogen-bond acceptors (Lipinski definition) is 4. The molecule has 1 unspecified atom stereocenters. The summed E-state index contributed by atoms with van der Waals surface area (Å²) in [6.07, 6.45) is 0. The number of nitrogens with zero attached hydrogens (tertiary/aromatic N) is 1. The second kappa shape index (κ2) is 7.02. The number of aliphatic carboxylic acids is 1. The lowest BCUT2D eigenvalue weighted by molar-refractivity contribution is -0.140. The van der Waals surface area contributed by atoms with Gasteiger partial charge in [-0.3, -0.25) is 4.79 Å². The van der Waals surface area contributed by atoms with Crippen LogP contribution in [0.4, 0.5) is 0 Å². The molecule has 6 nitrogen and oxygen atoms in total. The minimum absolute atomic E-state index is 0.0591. The van der Waals surface area contributed by atoms with Crippen molar-refractivity contribution in [2.45, 2.75) is 31.3 Å². The summed E-state index contributed by atoms with van der Waals surface area (Å²) in [4.78, 5) is 11.3. The van der Waals surface area contributed by atoms with Crippen molar-refractivity contribution in [2.24, 2.45) is 5.92 Å². The lowest BCUT2D eigenvalue weighted by atomic mass is 10.0. The number of hydrogen-bond donors (Lipinski definition) is 2. The Bertz CT molecular complexity index is 597. The Morgan fingerprint density at radius 3 is 2.43 bits per heavy atom. The van der Waals surface area contributed by atoms with Crippen LogP contribution in [0, 0.1) is 5.92 Å². The van der Waals surface area contributed by atoms with Crippen LogP contribution >= 0.6 is 0 Å². The average molecular weight is 314 g/mol. The van der Waals surface area contributed by atoms with Crippen molar-refractivity contribution in [1.82, 2.24) is 9.62 Å². The Hall–Kier alpha value is -1.44. The third-order valence-electron chi connectivity index (χ3n) is 3.14. The lowest BCUT2D eigenvalue weighted by Gasteiger charge is -2.18. The van der Waals surface area contributed by atoms with E-state index in [9.17, 15) is 13.2 Å². The maximum atomic E-state index is 12.1. The Morgan fingerprint density at radius 2 is 1.95 bits per heavy atom. The van der Waals surface area contributed by atoms with Crippen LogP contribution in [0.15, 0.2) is 29.2 Å². The molecule has 0 fully saturated rings. The summed E-state index contributed by atoms with van der Waals surface area (Å²) in [5, 5.41) is 12.0. The number of rotatable bonds is 7. The van der Waals surface area contributed by atoms with Crippen LogP contribution < -0.4 is 5.32 Å². The molecule has 118 valence electrons. The van der Waals surface area contributed by atoms with Gasteiger partial charge in [-0.25, -0.2) is 12.7 Å². The van der Waals surface area contributed by atoms with E-state index >= 15 is 0 Å². The molecule has 0 radical (unpaired) electrons. The Balaban J connectivity index is 2.90. The summed E-state index contributed by atoms with van der Waals surface area (Å²) in [5.74, 6) is -0.974. The second-order valence-corrected chi connectivity index (χ2v) is 7.53. The molecule has 7 heteroatoms. The molecule has 1 aromatic carbocycles. The highest BCUT2D eigenvalue weighted by Crippen LogP contribution is 2.15. The van der Waals surface area contributed by atoms with E-state index in [2.05, 4.69) is 5.32 Å². The number of carbonyl (C=O) groups is 1. The van der Waals surface area contributed by atoms with E-state index in [1.807, 2.05) is 13.8 Å². The molecular formula is C14H22N2O4S. The van der Waals surface area contributed by atoms with Crippen LogP contribution in [0.2, 0.25) is 0 Å². The smallest absolute Gasteiger partial charge is 0.320 e. The summed E-state index contributed by atoms with van der Waals surface area (Å²) in [6, 6.07) is 5.83. The van der Waals surface area contributed by atoms with Gasteiger partial charge in [0.05, 0.1) is 4.90 Å². The molecule has 0 spiro atoms. The van der Waals surface area contributed by atoms with Gasteiger partial charge < -0.3 is 10.4 Å². The van der Waals surface area contributed by atoms with Crippen LogP contribution in [-0.4, -0.2) is 43.9 Å². The Labute approximate surface area is 125 Å². The zero-order valence-corrected chi connectivity index (χ0v) is 13.5. The van der Waals surface area contributed by atoms with E-state index in [-0.39, 0.29) is 10.8 Å².